The molecule has 5 nitrogen and oxygen atoms in total. The lowest BCUT2D eigenvalue weighted by molar-refractivity contribution is -0.0737. The van der Waals surface area contributed by atoms with Crippen molar-refractivity contribution in [2.45, 2.75) is 58.3 Å². The van der Waals surface area contributed by atoms with Crippen LogP contribution in [0.15, 0.2) is 6.20 Å². The molecule has 1 aliphatic rings. The first-order valence-electron chi connectivity index (χ1n) is 6.12. The number of carbonyl (C=O) groups is 1. The van der Waals surface area contributed by atoms with E-state index in [-0.39, 0.29) is 22.8 Å². The molecule has 1 aromatic rings. The number of carboxylic acids is 1. The maximum Gasteiger partial charge on any atom is 0.339 e. The van der Waals surface area contributed by atoms with Crippen molar-refractivity contribution in [2.75, 3.05) is 0 Å². The summed E-state index contributed by atoms with van der Waals surface area (Å²) in [6.07, 6.45) is 2.43. The molecule has 18 heavy (non-hydrogen) atoms. The van der Waals surface area contributed by atoms with Crippen LogP contribution >= 0.6 is 0 Å². The Balaban J connectivity index is 2.38. The van der Waals surface area contributed by atoms with Gasteiger partial charge in [-0.1, -0.05) is 0 Å². The van der Waals surface area contributed by atoms with Crippen LogP contribution in [0.3, 0.4) is 0 Å². The summed E-state index contributed by atoms with van der Waals surface area (Å²) in [6, 6.07) is 0.0549. The zero-order valence-electron chi connectivity index (χ0n) is 11.5. The molecule has 0 spiro atoms. The Labute approximate surface area is 107 Å². The van der Waals surface area contributed by atoms with Gasteiger partial charge in [0.25, 0.3) is 0 Å². The monoisotopic (exact) mass is 252 g/mol. The van der Waals surface area contributed by atoms with E-state index in [1.54, 1.807) is 17.8 Å². The molecular formula is C13H20N2O3. The van der Waals surface area contributed by atoms with Crippen molar-refractivity contribution in [1.29, 1.82) is 0 Å². The topological polar surface area (TPSA) is 64.4 Å². The summed E-state index contributed by atoms with van der Waals surface area (Å²) in [7, 11) is 0. The highest BCUT2D eigenvalue weighted by Crippen LogP contribution is 2.44. The molecular weight excluding hydrogens is 232 g/mol. The van der Waals surface area contributed by atoms with Crippen LogP contribution in [0.4, 0.5) is 0 Å². The standard InChI is InChI=1S/C13H20N2O3/c1-8-9(11(16)17)7-15(14-8)10-6-12(2,3)18-13(10,4)5/h7,10H,6H2,1-5H3,(H,16,17). The second kappa shape index (κ2) is 3.82. The quantitative estimate of drug-likeness (QED) is 0.877. The van der Waals surface area contributed by atoms with Crippen LogP contribution in [-0.4, -0.2) is 32.1 Å². The molecule has 1 fully saturated rings. The summed E-state index contributed by atoms with van der Waals surface area (Å²) >= 11 is 0. The minimum absolute atomic E-state index is 0.0549. The first-order chi connectivity index (χ1) is 8.12. The molecule has 5 heteroatoms. The maximum absolute atomic E-state index is 11.1. The maximum atomic E-state index is 11.1. The zero-order valence-corrected chi connectivity index (χ0v) is 11.5. The Hall–Kier alpha value is -1.36. The summed E-state index contributed by atoms with van der Waals surface area (Å²) in [5, 5.41) is 13.4. The highest BCUT2D eigenvalue weighted by Gasteiger charge is 2.47. The molecule has 1 N–H and O–H groups in total. The largest absolute Gasteiger partial charge is 0.478 e. The van der Waals surface area contributed by atoms with Crippen molar-refractivity contribution < 1.29 is 14.6 Å². The van der Waals surface area contributed by atoms with E-state index in [9.17, 15) is 4.79 Å². The van der Waals surface area contributed by atoms with Gasteiger partial charge in [-0.3, -0.25) is 4.68 Å². The summed E-state index contributed by atoms with van der Waals surface area (Å²) in [5.41, 5.74) is 0.244. The summed E-state index contributed by atoms with van der Waals surface area (Å²) in [6.45, 7) is 9.84. The Kier molecular flexibility index (Phi) is 2.77. The van der Waals surface area contributed by atoms with Crippen LogP contribution in [-0.2, 0) is 4.74 Å². The molecule has 0 radical (unpaired) electrons. The fourth-order valence-corrected chi connectivity index (χ4v) is 2.80. The lowest BCUT2D eigenvalue weighted by atomic mass is 9.95. The molecule has 0 bridgehead atoms. The molecule has 1 aromatic heterocycles. The van der Waals surface area contributed by atoms with Crippen molar-refractivity contribution >= 4 is 5.97 Å². The number of hydrogen-bond donors (Lipinski definition) is 1. The van der Waals surface area contributed by atoms with Gasteiger partial charge in [0.1, 0.15) is 5.56 Å². The molecule has 1 saturated heterocycles. The van der Waals surface area contributed by atoms with E-state index in [1.165, 1.54) is 0 Å². The van der Waals surface area contributed by atoms with Crippen molar-refractivity contribution in [2.24, 2.45) is 0 Å². The van der Waals surface area contributed by atoms with Crippen LogP contribution in [0.1, 0.15) is 56.2 Å². The fourth-order valence-electron chi connectivity index (χ4n) is 2.80. The smallest absolute Gasteiger partial charge is 0.339 e. The molecule has 2 heterocycles. The van der Waals surface area contributed by atoms with E-state index in [2.05, 4.69) is 5.10 Å². The highest BCUT2D eigenvalue weighted by atomic mass is 16.5. The van der Waals surface area contributed by atoms with Gasteiger partial charge < -0.3 is 9.84 Å². The van der Waals surface area contributed by atoms with E-state index in [1.807, 2.05) is 27.7 Å². The highest BCUT2D eigenvalue weighted by molar-refractivity contribution is 5.88. The van der Waals surface area contributed by atoms with Gasteiger partial charge in [0.05, 0.1) is 22.9 Å². The van der Waals surface area contributed by atoms with Gasteiger partial charge in [-0.2, -0.15) is 5.10 Å². The molecule has 100 valence electrons. The van der Waals surface area contributed by atoms with Gasteiger partial charge in [0, 0.05) is 12.6 Å². The molecule has 0 aliphatic carbocycles. The number of carboxylic acid groups (broad SMARTS) is 1. The number of ether oxygens (including phenoxy) is 1. The molecule has 1 atom stereocenters. The average molecular weight is 252 g/mol. The summed E-state index contributed by atoms with van der Waals surface area (Å²) < 4.78 is 7.75. The van der Waals surface area contributed by atoms with Crippen LogP contribution in [0.2, 0.25) is 0 Å². The molecule has 0 amide bonds. The van der Waals surface area contributed by atoms with Gasteiger partial charge in [0.15, 0.2) is 0 Å². The Morgan fingerprint density at radius 3 is 2.50 bits per heavy atom. The molecule has 0 aromatic carbocycles. The van der Waals surface area contributed by atoms with Crippen molar-refractivity contribution in [3.05, 3.63) is 17.5 Å². The summed E-state index contributed by atoms with van der Waals surface area (Å²) in [4.78, 5) is 11.1. The first-order valence-corrected chi connectivity index (χ1v) is 6.12. The second-order valence-corrected chi connectivity index (χ2v) is 6.10. The predicted molar refractivity (Wildman–Crippen MR) is 66.8 cm³/mol. The molecule has 0 saturated carbocycles. The minimum Gasteiger partial charge on any atom is -0.478 e. The lowest BCUT2D eigenvalue weighted by Crippen LogP contribution is -2.31. The number of rotatable bonds is 2. The molecule has 1 aliphatic heterocycles. The lowest BCUT2D eigenvalue weighted by Gasteiger charge is -2.27. The van der Waals surface area contributed by atoms with E-state index in [0.717, 1.165) is 6.42 Å². The molecule has 1 unspecified atom stereocenters. The van der Waals surface area contributed by atoms with E-state index in [4.69, 9.17) is 9.84 Å². The SMILES string of the molecule is Cc1nn(C2CC(C)(C)OC2(C)C)cc1C(=O)O. The third-order valence-electron chi connectivity index (χ3n) is 3.49. The van der Waals surface area contributed by atoms with Gasteiger partial charge in [0.2, 0.25) is 0 Å². The van der Waals surface area contributed by atoms with E-state index >= 15 is 0 Å². The average Bonchev–Trinajstić information content (AvgIpc) is 2.63. The van der Waals surface area contributed by atoms with Crippen molar-refractivity contribution in [1.82, 2.24) is 9.78 Å². The normalized spacial score (nSPS) is 25.3. The Bertz CT molecular complexity index is 488. The zero-order chi connectivity index (χ0) is 13.7. The van der Waals surface area contributed by atoms with Crippen molar-refractivity contribution in [3.8, 4) is 0 Å². The number of nitrogens with zero attached hydrogens (tertiary/aromatic N) is 2. The second-order valence-electron chi connectivity index (χ2n) is 6.10. The van der Waals surface area contributed by atoms with Gasteiger partial charge in [-0.15, -0.1) is 0 Å². The first kappa shape index (κ1) is 13.1. The number of aryl methyl sites for hydroxylation is 1. The third-order valence-corrected chi connectivity index (χ3v) is 3.49. The van der Waals surface area contributed by atoms with Crippen LogP contribution < -0.4 is 0 Å². The van der Waals surface area contributed by atoms with Gasteiger partial charge in [-0.25, -0.2) is 4.79 Å². The third kappa shape index (κ3) is 2.14. The van der Waals surface area contributed by atoms with Crippen LogP contribution in [0.25, 0.3) is 0 Å². The predicted octanol–water partition coefficient (Wildman–Crippen LogP) is 2.41. The van der Waals surface area contributed by atoms with Gasteiger partial charge >= 0.3 is 5.97 Å². The number of aromatic carboxylic acids is 1. The minimum atomic E-state index is -0.935. The van der Waals surface area contributed by atoms with Crippen LogP contribution in [0.5, 0.6) is 0 Å². The fraction of sp³-hybridized carbons (Fsp3) is 0.692. The van der Waals surface area contributed by atoms with Crippen molar-refractivity contribution in [3.63, 3.8) is 0 Å². The Morgan fingerprint density at radius 2 is 2.11 bits per heavy atom. The number of hydrogen-bond acceptors (Lipinski definition) is 3. The van der Waals surface area contributed by atoms with E-state index in [0.29, 0.717) is 5.69 Å². The van der Waals surface area contributed by atoms with Gasteiger partial charge in [-0.05, 0) is 34.6 Å². The van der Waals surface area contributed by atoms with Crippen LogP contribution in [0, 0.1) is 6.92 Å². The Morgan fingerprint density at radius 1 is 1.50 bits per heavy atom. The van der Waals surface area contributed by atoms with E-state index < -0.39 is 5.97 Å². The number of aromatic nitrogens is 2. The summed E-state index contributed by atoms with van der Waals surface area (Å²) in [5.74, 6) is -0.935. The molecule has 2 rings (SSSR count).